The van der Waals surface area contributed by atoms with Crippen LogP contribution < -0.4 is 4.74 Å². The van der Waals surface area contributed by atoms with Gasteiger partial charge in [-0.2, -0.15) is 0 Å². The lowest BCUT2D eigenvalue weighted by molar-refractivity contribution is 0.396. The Bertz CT molecular complexity index is 1150. The maximum absolute atomic E-state index is 5.53. The Morgan fingerprint density at radius 2 is 2.03 bits per heavy atom. The summed E-state index contributed by atoms with van der Waals surface area (Å²) in [6, 6.07) is 9.88. The highest BCUT2D eigenvalue weighted by Crippen LogP contribution is 2.32. The maximum atomic E-state index is 5.53. The average Bonchev–Trinajstić information content (AvgIpc) is 3.40. The van der Waals surface area contributed by atoms with Crippen molar-refractivity contribution in [2.75, 3.05) is 7.11 Å². The van der Waals surface area contributed by atoms with E-state index in [4.69, 9.17) is 14.8 Å². The third-order valence-corrected chi connectivity index (χ3v) is 5.17. The Labute approximate surface area is 168 Å². The molecular weight excluding hydrogens is 366 g/mol. The van der Waals surface area contributed by atoms with Crippen LogP contribution in [0.2, 0.25) is 0 Å². The van der Waals surface area contributed by atoms with Crippen molar-refractivity contribution in [3.05, 3.63) is 66.3 Å². The molecule has 0 aromatic carbocycles. The van der Waals surface area contributed by atoms with Crippen LogP contribution in [0.15, 0.2) is 49.1 Å². The van der Waals surface area contributed by atoms with Crippen LogP contribution in [0.4, 0.5) is 0 Å². The molecule has 29 heavy (non-hydrogen) atoms. The molecule has 0 radical (unpaired) electrons. The molecular formula is C21H21N7O. The zero-order valence-corrected chi connectivity index (χ0v) is 16.4. The molecule has 5 rings (SSSR count). The fourth-order valence-corrected chi connectivity index (χ4v) is 3.78. The van der Waals surface area contributed by atoms with Crippen LogP contribution in [0.3, 0.4) is 0 Å². The first-order valence-electron chi connectivity index (χ1n) is 9.65. The molecule has 0 unspecified atom stereocenters. The van der Waals surface area contributed by atoms with Gasteiger partial charge < -0.3 is 9.30 Å². The van der Waals surface area contributed by atoms with Crippen LogP contribution in [0, 0.1) is 6.92 Å². The van der Waals surface area contributed by atoms with Crippen molar-refractivity contribution in [2.24, 2.45) is 0 Å². The molecule has 0 amide bonds. The molecule has 8 nitrogen and oxygen atoms in total. The molecule has 1 aliphatic heterocycles. The van der Waals surface area contributed by atoms with E-state index in [-0.39, 0.29) is 5.92 Å². The van der Waals surface area contributed by atoms with Crippen LogP contribution >= 0.6 is 0 Å². The molecule has 0 saturated heterocycles. The summed E-state index contributed by atoms with van der Waals surface area (Å²) in [6.07, 6.45) is 7.58. The molecule has 0 N–H and O–H groups in total. The summed E-state index contributed by atoms with van der Waals surface area (Å²) in [5.74, 6) is 2.21. The summed E-state index contributed by atoms with van der Waals surface area (Å²) in [5, 5.41) is 4.72. The number of ether oxygens (including phenoxy) is 1. The zero-order valence-electron chi connectivity index (χ0n) is 16.4. The molecule has 0 fully saturated rings. The van der Waals surface area contributed by atoms with Crippen LogP contribution in [0.5, 0.6) is 5.88 Å². The molecule has 4 aromatic rings. The highest BCUT2D eigenvalue weighted by molar-refractivity contribution is 5.55. The highest BCUT2D eigenvalue weighted by Gasteiger charge is 2.27. The van der Waals surface area contributed by atoms with Gasteiger partial charge in [-0.05, 0) is 44.0 Å². The molecule has 0 bridgehead atoms. The topological polar surface area (TPSA) is 83.5 Å². The van der Waals surface area contributed by atoms with Gasteiger partial charge in [0.2, 0.25) is 5.88 Å². The van der Waals surface area contributed by atoms with Crippen molar-refractivity contribution in [1.29, 1.82) is 0 Å². The van der Waals surface area contributed by atoms with E-state index in [1.54, 1.807) is 13.4 Å². The number of fused-ring (bicyclic) bond motifs is 1. The lowest BCUT2D eigenvalue weighted by Gasteiger charge is -2.21. The predicted molar refractivity (Wildman–Crippen MR) is 107 cm³/mol. The third-order valence-electron chi connectivity index (χ3n) is 5.17. The van der Waals surface area contributed by atoms with E-state index in [1.165, 1.54) is 0 Å². The summed E-state index contributed by atoms with van der Waals surface area (Å²) in [6.45, 7) is 2.80. The number of imidazole rings is 1. The number of rotatable bonds is 4. The van der Waals surface area contributed by atoms with E-state index >= 15 is 0 Å². The van der Waals surface area contributed by atoms with Crippen LogP contribution in [-0.4, -0.2) is 41.4 Å². The minimum atomic E-state index is 0.154. The summed E-state index contributed by atoms with van der Waals surface area (Å²) in [5.41, 5.74) is 3.47. The van der Waals surface area contributed by atoms with Crippen molar-refractivity contribution >= 4 is 0 Å². The average molecular weight is 387 g/mol. The summed E-state index contributed by atoms with van der Waals surface area (Å²) in [7, 11) is 1.61. The molecule has 1 aliphatic rings. The van der Waals surface area contributed by atoms with E-state index in [9.17, 15) is 0 Å². The van der Waals surface area contributed by atoms with Gasteiger partial charge in [0.15, 0.2) is 5.82 Å². The van der Waals surface area contributed by atoms with Gasteiger partial charge in [-0.15, -0.1) is 5.10 Å². The summed E-state index contributed by atoms with van der Waals surface area (Å²) in [4.78, 5) is 18.3. The molecule has 0 spiro atoms. The Hall–Kier alpha value is -3.55. The van der Waals surface area contributed by atoms with Gasteiger partial charge in [-0.3, -0.25) is 4.98 Å². The fraction of sp³-hybridized carbons (Fsp3) is 0.286. The second kappa shape index (κ2) is 7.12. The van der Waals surface area contributed by atoms with Gasteiger partial charge in [-0.25, -0.2) is 19.6 Å². The Morgan fingerprint density at radius 1 is 1.10 bits per heavy atom. The van der Waals surface area contributed by atoms with E-state index < -0.39 is 0 Å². The number of hydrogen-bond acceptors (Lipinski definition) is 6. The lowest BCUT2D eigenvalue weighted by atomic mass is 9.95. The number of nitrogens with zero attached hydrogens (tertiary/aromatic N) is 7. The molecule has 8 heteroatoms. The third kappa shape index (κ3) is 3.16. The van der Waals surface area contributed by atoms with Gasteiger partial charge in [0, 0.05) is 18.9 Å². The first-order valence-corrected chi connectivity index (χ1v) is 9.65. The van der Waals surface area contributed by atoms with Crippen molar-refractivity contribution in [1.82, 2.24) is 34.3 Å². The first-order chi connectivity index (χ1) is 14.2. The second-order valence-electron chi connectivity index (χ2n) is 7.11. The molecule has 5 heterocycles. The fourth-order valence-electron chi connectivity index (χ4n) is 3.78. The van der Waals surface area contributed by atoms with Gasteiger partial charge in [0.25, 0.3) is 0 Å². The summed E-state index contributed by atoms with van der Waals surface area (Å²) < 4.78 is 9.41. The van der Waals surface area contributed by atoms with Crippen molar-refractivity contribution in [3.8, 4) is 23.1 Å². The van der Waals surface area contributed by atoms with Crippen molar-refractivity contribution in [3.63, 3.8) is 0 Å². The Kier molecular flexibility index (Phi) is 4.31. The van der Waals surface area contributed by atoms with Crippen LogP contribution in [-0.2, 0) is 6.54 Å². The summed E-state index contributed by atoms with van der Waals surface area (Å²) >= 11 is 0. The largest absolute Gasteiger partial charge is 0.479 e. The number of hydrogen-bond donors (Lipinski definition) is 0. The SMILES string of the molecule is COc1nc(-c2nc3n(n2)CCC[C@@H]3c2ccccn2)ccc1-n1cnc(C)c1. The minimum absolute atomic E-state index is 0.154. The first kappa shape index (κ1) is 17.5. The standard InChI is InChI=1S/C21H21N7O/c1-14-12-27(13-23-14)18-9-8-17(24-21(18)29-2)19-25-20-15(6-5-11-28(20)26-19)16-7-3-4-10-22-16/h3-4,7-10,12-13,15H,5-6,11H2,1-2H3/t15-/m1/s1. The molecule has 0 aliphatic carbocycles. The molecule has 4 aromatic heterocycles. The predicted octanol–water partition coefficient (Wildman–Crippen LogP) is 3.16. The van der Waals surface area contributed by atoms with Crippen LogP contribution in [0.25, 0.3) is 17.2 Å². The zero-order chi connectivity index (χ0) is 19.8. The quantitative estimate of drug-likeness (QED) is 0.535. The van der Waals surface area contributed by atoms with Gasteiger partial charge in [0.05, 0.1) is 30.7 Å². The van der Waals surface area contributed by atoms with E-state index in [0.717, 1.165) is 42.3 Å². The van der Waals surface area contributed by atoms with Gasteiger partial charge in [0.1, 0.15) is 17.2 Å². The van der Waals surface area contributed by atoms with Gasteiger partial charge in [-0.1, -0.05) is 6.07 Å². The Balaban J connectivity index is 1.53. The number of pyridine rings is 2. The highest BCUT2D eigenvalue weighted by atomic mass is 16.5. The number of aromatic nitrogens is 7. The maximum Gasteiger partial charge on any atom is 0.238 e. The molecule has 0 saturated carbocycles. The van der Waals surface area contributed by atoms with Crippen molar-refractivity contribution in [2.45, 2.75) is 32.2 Å². The van der Waals surface area contributed by atoms with E-state index in [0.29, 0.717) is 17.4 Å². The number of methoxy groups -OCH3 is 1. The smallest absolute Gasteiger partial charge is 0.238 e. The normalized spacial score (nSPS) is 15.9. The van der Waals surface area contributed by atoms with E-state index in [1.807, 2.05) is 52.8 Å². The monoisotopic (exact) mass is 387 g/mol. The van der Waals surface area contributed by atoms with Crippen molar-refractivity contribution < 1.29 is 4.74 Å². The second-order valence-corrected chi connectivity index (χ2v) is 7.11. The van der Waals surface area contributed by atoms with Gasteiger partial charge >= 0.3 is 0 Å². The number of aryl methyl sites for hydroxylation is 2. The minimum Gasteiger partial charge on any atom is -0.479 e. The Morgan fingerprint density at radius 3 is 2.79 bits per heavy atom. The molecule has 1 atom stereocenters. The molecule has 146 valence electrons. The van der Waals surface area contributed by atoms with Crippen LogP contribution in [0.1, 0.15) is 36.0 Å². The lowest BCUT2D eigenvalue weighted by Crippen LogP contribution is -2.18. The van der Waals surface area contributed by atoms with E-state index in [2.05, 4.69) is 21.0 Å².